The van der Waals surface area contributed by atoms with Crippen molar-refractivity contribution in [3.63, 3.8) is 0 Å². The highest BCUT2D eigenvalue weighted by atomic mass is 32.2. The zero-order valence-corrected chi connectivity index (χ0v) is 9.11. The Kier molecular flexibility index (Phi) is 3.67. The Morgan fingerprint density at radius 1 is 1.27 bits per heavy atom. The van der Waals surface area contributed by atoms with Crippen molar-refractivity contribution in [3.05, 3.63) is 29.8 Å². The summed E-state index contributed by atoms with van der Waals surface area (Å²) in [5.74, 6) is 0. The van der Waals surface area contributed by atoms with Crippen molar-refractivity contribution >= 4 is 16.0 Å². The molecule has 0 bridgehead atoms. The summed E-state index contributed by atoms with van der Waals surface area (Å²) in [6, 6.07) is 6.59. The number of hydrogen-bond acceptors (Lipinski definition) is 3. The van der Waals surface area contributed by atoms with Crippen LogP contribution in [0.25, 0.3) is 0 Å². The topological polar surface area (TPSA) is 77.8 Å². The van der Waals surface area contributed by atoms with E-state index in [1.807, 2.05) is 6.92 Å². The first-order valence-electron chi connectivity index (χ1n) is 4.38. The maximum absolute atomic E-state index is 11.0. The highest BCUT2D eigenvalue weighted by Crippen LogP contribution is 2.17. The molecule has 0 atom stereocenters. The summed E-state index contributed by atoms with van der Waals surface area (Å²) in [6.07, 6.45) is 0. The van der Waals surface area contributed by atoms with Gasteiger partial charge in [0.25, 0.3) is 0 Å². The van der Waals surface area contributed by atoms with Gasteiger partial charge in [0.05, 0.1) is 18.8 Å². The normalized spacial score (nSPS) is 11.4. The molecule has 6 heteroatoms. The van der Waals surface area contributed by atoms with Crippen LogP contribution >= 0.6 is 0 Å². The fourth-order valence-electron chi connectivity index (χ4n) is 1.18. The molecule has 0 heterocycles. The Hall–Kier alpha value is -1.11. The number of aliphatic hydroxyl groups excluding tert-OH is 1. The fourth-order valence-corrected chi connectivity index (χ4v) is 1.88. The smallest absolute Gasteiger partial charge is 0.360 e. The van der Waals surface area contributed by atoms with Gasteiger partial charge in [0.1, 0.15) is 0 Å². The molecule has 0 fully saturated rings. The van der Waals surface area contributed by atoms with Gasteiger partial charge in [-0.05, 0) is 19.1 Å². The van der Waals surface area contributed by atoms with E-state index >= 15 is 0 Å². The second kappa shape index (κ2) is 4.61. The van der Waals surface area contributed by atoms with Crippen LogP contribution in [0, 0.1) is 6.92 Å². The molecule has 1 aromatic carbocycles. The summed E-state index contributed by atoms with van der Waals surface area (Å²) < 4.78 is 31.6. The van der Waals surface area contributed by atoms with Crippen LogP contribution in [0.3, 0.4) is 0 Å². The van der Waals surface area contributed by atoms with Crippen molar-refractivity contribution < 1.29 is 18.1 Å². The second-order valence-electron chi connectivity index (χ2n) is 3.11. The molecule has 0 aliphatic rings. The molecule has 2 N–H and O–H groups in total. The highest BCUT2D eigenvalue weighted by Gasteiger charge is 2.18. The van der Waals surface area contributed by atoms with Gasteiger partial charge in [-0.2, -0.15) is 8.42 Å². The molecular formula is C9H13NO4S. The fraction of sp³-hybridized carbons (Fsp3) is 0.333. The van der Waals surface area contributed by atoms with Crippen LogP contribution in [0.2, 0.25) is 0 Å². The van der Waals surface area contributed by atoms with Crippen LogP contribution in [0.1, 0.15) is 5.56 Å². The van der Waals surface area contributed by atoms with E-state index in [9.17, 15) is 8.42 Å². The number of hydrogen-bond donors (Lipinski definition) is 2. The van der Waals surface area contributed by atoms with E-state index in [2.05, 4.69) is 0 Å². The minimum absolute atomic E-state index is 0.165. The van der Waals surface area contributed by atoms with Crippen molar-refractivity contribution in [3.8, 4) is 0 Å². The minimum Gasteiger partial charge on any atom is -0.394 e. The molecule has 0 aliphatic carbocycles. The van der Waals surface area contributed by atoms with Crippen LogP contribution < -0.4 is 4.31 Å². The third-order valence-electron chi connectivity index (χ3n) is 1.90. The first-order chi connectivity index (χ1) is 6.95. The molecule has 5 nitrogen and oxygen atoms in total. The zero-order valence-electron chi connectivity index (χ0n) is 8.29. The first kappa shape index (κ1) is 12.0. The third-order valence-corrected chi connectivity index (χ3v) is 2.85. The SMILES string of the molecule is Cc1ccc(N(CCO)S(=O)(=O)O)cc1. The van der Waals surface area contributed by atoms with E-state index in [1.54, 1.807) is 24.3 Å². The average molecular weight is 231 g/mol. The van der Waals surface area contributed by atoms with Crippen molar-refractivity contribution in [1.82, 2.24) is 0 Å². The summed E-state index contributed by atoms with van der Waals surface area (Å²) in [5, 5.41) is 8.70. The van der Waals surface area contributed by atoms with Crippen LogP contribution in [0.5, 0.6) is 0 Å². The van der Waals surface area contributed by atoms with Gasteiger partial charge in [-0.3, -0.25) is 4.55 Å². The molecule has 0 saturated heterocycles. The zero-order chi connectivity index (χ0) is 11.5. The van der Waals surface area contributed by atoms with Gasteiger partial charge in [0, 0.05) is 0 Å². The molecule has 0 radical (unpaired) electrons. The van der Waals surface area contributed by atoms with Crippen LogP contribution in [-0.4, -0.2) is 31.2 Å². The monoisotopic (exact) mass is 231 g/mol. The lowest BCUT2D eigenvalue weighted by atomic mass is 10.2. The summed E-state index contributed by atoms with van der Waals surface area (Å²) in [5.41, 5.74) is 1.31. The molecule has 0 amide bonds. The molecule has 0 saturated carbocycles. The number of nitrogens with zero attached hydrogens (tertiary/aromatic N) is 1. The Morgan fingerprint density at radius 3 is 2.20 bits per heavy atom. The molecule has 1 rings (SSSR count). The number of rotatable bonds is 4. The van der Waals surface area contributed by atoms with Gasteiger partial charge in [-0.1, -0.05) is 17.7 Å². The number of aliphatic hydroxyl groups is 1. The van der Waals surface area contributed by atoms with Crippen molar-refractivity contribution in [2.45, 2.75) is 6.92 Å². The summed E-state index contributed by atoms with van der Waals surface area (Å²) >= 11 is 0. The Bertz CT molecular complexity index is 412. The highest BCUT2D eigenvalue weighted by molar-refractivity contribution is 7.87. The van der Waals surface area contributed by atoms with Crippen molar-refractivity contribution in [1.29, 1.82) is 0 Å². The molecule has 1 aromatic rings. The molecule has 84 valence electrons. The number of aryl methyl sites for hydroxylation is 1. The molecule has 15 heavy (non-hydrogen) atoms. The average Bonchev–Trinajstić information content (AvgIpc) is 2.14. The lowest BCUT2D eigenvalue weighted by Gasteiger charge is -2.19. The van der Waals surface area contributed by atoms with Crippen LogP contribution in [0.15, 0.2) is 24.3 Å². The van der Waals surface area contributed by atoms with E-state index in [1.165, 1.54) is 0 Å². The molecule has 0 spiro atoms. The van der Waals surface area contributed by atoms with E-state index in [0.29, 0.717) is 5.69 Å². The molecule has 0 aliphatic heterocycles. The number of benzene rings is 1. The third kappa shape index (κ3) is 3.19. The van der Waals surface area contributed by atoms with Gasteiger partial charge >= 0.3 is 10.3 Å². The van der Waals surface area contributed by atoms with Gasteiger partial charge in [-0.15, -0.1) is 0 Å². The maximum Gasteiger partial charge on any atom is 0.360 e. The van der Waals surface area contributed by atoms with Gasteiger partial charge in [0.2, 0.25) is 0 Å². The summed E-state index contributed by atoms with van der Waals surface area (Å²) in [7, 11) is -4.32. The van der Waals surface area contributed by atoms with E-state index in [0.717, 1.165) is 9.87 Å². The Morgan fingerprint density at radius 2 is 1.80 bits per heavy atom. The number of anilines is 1. The molecule has 0 aromatic heterocycles. The van der Waals surface area contributed by atoms with Crippen molar-refractivity contribution in [2.75, 3.05) is 17.5 Å². The molecule has 0 unspecified atom stereocenters. The van der Waals surface area contributed by atoms with Crippen LogP contribution in [0.4, 0.5) is 5.69 Å². The van der Waals surface area contributed by atoms with Crippen molar-refractivity contribution in [2.24, 2.45) is 0 Å². The quantitative estimate of drug-likeness (QED) is 0.744. The second-order valence-corrected chi connectivity index (χ2v) is 4.45. The minimum atomic E-state index is -4.32. The Balaban J connectivity index is 3.05. The first-order valence-corrected chi connectivity index (χ1v) is 5.77. The Labute approximate surface area is 88.8 Å². The van der Waals surface area contributed by atoms with Gasteiger partial charge < -0.3 is 5.11 Å². The van der Waals surface area contributed by atoms with E-state index in [-0.39, 0.29) is 13.2 Å². The van der Waals surface area contributed by atoms with E-state index in [4.69, 9.17) is 9.66 Å². The lowest BCUT2D eigenvalue weighted by molar-refractivity contribution is 0.305. The summed E-state index contributed by atoms with van der Waals surface area (Å²) in [4.78, 5) is 0. The molecular weight excluding hydrogens is 218 g/mol. The summed E-state index contributed by atoms with van der Waals surface area (Å²) in [6.45, 7) is 1.35. The van der Waals surface area contributed by atoms with E-state index < -0.39 is 10.3 Å². The largest absolute Gasteiger partial charge is 0.394 e. The lowest BCUT2D eigenvalue weighted by Crippen LogP contribution is -2.32. The maximum atomic E-state index is 11.0. The predicted octanol–water partition coefficient (Wildman–Crippen LogP) is 0.597. The van der Waals surface area contributed by atoms with Gasteiger partial charge in [0.15, 0.2) is 0 Å². The predicted molar refractivity (Wildman–Crippen MR) is 57.2 cm³/mol. The van der Waals surface area contributed by atoms with Crippen LogP contribution in [-0.2, 0) is 10.3 Å². The van der Waals surface area contributed by atoms with Gasteiger partial charge in [-0.25, -0.2) is 4.31 Å². The standard InChI is InChI=1S/C9H13NO4S/c1-8-2-4-9(5-3-8)10(6-7-11)15(12,13)14/h2-5,11H,6-7H2,1H3,(H,12,13,14).